The van der Waals surface area contributed by atoms with Crippen LogP contribution < -0.4 is 5.73 Å². The highest BCUT2D eigenvalue weighted by Gasteiger charge is 2.13. The molecule has 0 radical (unpaired) electrons. The number of carbonyl (C=O) groups excluding carboxylic acids is 1. The number of rotatable bonds is 7. The Morgan fingerprint density at radius 1 is 1.30 bits per heavy atom. The van der Waals surface area contributed by atoms with E-state index >= 15 is 0 Å². The lowest BCUT2D eigenvalue weighted by Crippen LogP contribution is -2.35. The van der Waals surface area contributed by atoms with Crippen molar-refractivity contribution in [2.24, 2.45) is 5.73 Å². The second kappa shape index (κ2) is 7.45. The van der Waals surface area contributed by atoms with Crippen molar-refractivity contribution in [1.82, 2.24) is 14.5 Å². The third-order valence-electron chi connectivity index (χ3n) is 3.11. The van der Waals surface area contributed by atoms with E-state index in [1.54, 1.807) is 12.5 Å². The van der Waals surface area contributed by atoms with Crippen LogP contribution in [0.25, 0.3) is 0 Å². The van der Waals surface area contributed by atoms with E-state index in [4.69, 9.17) is 5.73 Å². The molecule has 0 fully saturated rings. The molecule has 0 saturated carbocycles. The topological polar surface area (TPSA) is 64.2 Å². The van der Waals surface area contributed by atoms with E-state index in [9.17, 15) is 4.79 Å². The first-order valence-electron chi connectivity index (χ1n) is 6.77. The molecule has 20 heavy (non-hydrogen) atoms. The maximum atomic E-state index is 12.3. The van der Waals surface area contributed by atoms with Crippen LogP contribution in [0.2, 0.25) is 0 Å². The number of hydrogen-bond acceptors (Lipinski definition) is 3. The molecule has 5 heteroatoms. The number of hydrogen-bond donors (Lipinski definition) is 1. The van der Waals surface area contributed by atoms with Crippen molar-refractivity contribution >= 4 is 5.91 Å². The van der Waals surface area contributed by atoms with E-state index in [0.717, 1.165) is 5.56 Å². The van der Waals surface area contributed by atoms with Gasteiger partial charge >= 0.3 is 0 Å². The van der Waals surface area contributed by atoms with Crippen molar-refractivity contribution in [1.29, 1.82) is 0 Å². The van der Waals surface area contributed by atoms with Crippen LogP contribution in [0.4, 0.5) is 0 Å². The SMILES string of the molecule is NCCN(Cc1ccccc1)C(=O)CCn1ccnc1. The molecule has 1 heterocycles. The van der Waals surface area contributed by atoms with Gasteiger partial charge in [0.05, 0.1) is 6.33 Å². The fourth-order valence-electron chi connectivity index (χ4n) is 2.05. The van der Waals surface area contributed by atoms with Crippen LogP contribution in [0.5, 0.6) is 0 Å². The molecule has 0 aliphatic heterocycles. The second-order valence-electron chi connectivity index (χ2n) is 4.64. The Balaban J connectivity index is 1.91. The summed E-state index contributed by atoms with van der Waals surface area (Å²) in [6.07, 6.45) is 5.75. The molecule has 1 amide bonds. The van der Waals surface area contributed by atoms with Crippen LogP contribution in [0.15, 0.2) is 49.1 Å². The number of nitrogens with zero attached hydrogens (tertiary/aromatic N) is 3. The van der Waals surface area contributed by atoms with Gasteiger partial charge in [-0.3, -0.25) is 4.79 Å². The van der Waals surface area contributed by atoms with Crippen molar-refractivity contribution in [2.45, 2.75) is 19.5 Å². The smallest absolute Gasteiger partial charge is 0.224 e. The zero-order valence-corrected chi connectivity index (χ0v) is 11.5. The third kappa shape index (κ3) is 4.20. The predicted molar refractivity (Wildman–Crippen MR) is 77.8 cm³/mol. The Hall–Kier alpha value is -2.14. The van der Waals surface area contributed by atoms with Gasteiger partial charge < -0.3 is 15.2 Å². The highest BCUT2D eigenvalue weighted by Crippen LogP contribution is 2.06. The number of nitrogens with two attached hydrogens (primary N) is 1. The van der Waals surface area contributed by atoms with Crippen LogP contribution in [0.3, 0.4) is 0 Å². The summed E-state index contributed by atoms with van der Waals surface area (Å²) < 4.78 is 1.90. The van der Waals surface area contributed by atoms with Crippen LogP contribution >= 0.6 is 0 Å². The molecule has 106 valence electrons. The quantitative estimate of drug-likeness (QED) is 0.825. The molecule has 0 unspecified atom stereocenters. The average Bonchev–Trinajstić information content (AvgIpc) is 2.99. The highest BCUT2D eigenvalue weighted by molar-refractivity contribution is 5.76. The Kier molecular flexibility index (Phi) is 5.32. The van der Waals surface area contributed by atoms with Gasteiger partial charge in [0.15, 0.2) is 0 Å². The first-order valence-corrected chi connectivity index (χ1v) is 6.77. The Morgan fingerprint density at radius 3 is 2.75 bits per heavy atom. The Labute approximate surface area is 119 Å². The first-order chi connectivity index (χ1) is 9.79. The first kappa shape index (κ1) is 14.3. The molecule has 0 aliphatic carbocycles. The van der Waals surface area contributed by atoms with Crippen molar-refractivity contribution in [3.63, 3.8) is 0 Å². The van der Waals surface area contributed by atoms with E-state index in [2.05, 4.69) is 4.98 Å². The molecule has 1 aromatic carbocycles. The standard InChI is InChI=1S/C15H20N4O/c16-7-10-19(12-14-4-2-1-3-5-14)15(20)6-9-18-11-8-17-13-18/h1-5,8,11,13H,6-7,9-10,12,16H2. The van der Waals surface area contributed by atoms with E-state index < -0.39 is 0 Å². The number of aryl methyl sites for hydroxylation is 1. The van der Waals surface area contributed by atoms with Crippen molar-refractivity contribution in [3.05, 3.63) is 54.6 Å². The number of aromatic nitrogens is 2. The monoisotopic (exact) mass is 272 g/mol. The number of benzene rings is 1. The van der Waals surface area contributed by atoms with Crippen LogP contribution in [0, 0.1) is 0 Å². The fraction of sp³-hybridized carbons (Fsp3) is 0.333. The van der Waals surface area contributed by atoms with Gasteiger partial charge in [-0.1, -0.05) is 30.3 Å². The number of carbonyl (C=O) groups is 1. The predicted octanol–water partition coefficient (Wildman–Crippen LogP) is 1.26. The minimum Gasteiger partial charge on any atom is -0.337 e. The molecule has 2 rings (SSSR count). The molecule has 0 spiro atoms. The van der Waals surface area contributed by atoms with Crippen molar-refractivity contribution < 1.29 is 4.79 Å². The summed E-state index contributed by atoms with van der Waals surface area (Å²) in [5.74, 6) is 0.119. The van der Waals surface area contributed by atoms with Crippen LogP contribution in [-0.2, 0) is 17.9 Å². The summed E-state index contributed by atoms with van der Waals surface area (Å²) in [6.45, 7) is 2.32. The second-order valence-corrected chi connectivity index (χ2v) is 4.64. The lowest BCUT2D eigenvalue weighted by atomic mass is 10.2. The number of amides is 1. The lowest BCUT2D eigenvalue weighted by Gasteiger charge is -2.22. The zero-order chi connectivity index (χ0) is 14.2. The van der Waals surface area contributed by atoms with Crippen LogP contribution in [0.1, 0.15) is 12.0 Å². The summed E-state index contributed by atoms with van der Waals surface area (Å²) >= 11 is 0. The molecule has 2 aromatic rings. The van der Waals surface area contributed by atoms with Gasteiger partial charge in [0.25, 0.3) is 0 Å². The molecule has 0 saturated heterocycles. The lowest BCUT2D eigenvalue weighted by molar-refractivity contribution is -0.131. The molecule has 0 bridgehead atoms. The molecule has 2 N–H and O–H groups in total. The van der Waals surface area contributed by atoms with E-state index in [1.807, 2.05) is 46.0 Å². The van der Waals surface area contributed by atoms with Gasteiger partial charge in [-0.2, -0.15) is 0 Å². The molecular weight excluding hydrogens is 252 g/mol. The maximum absolute atomic E-state index is 12.3. The van der Waals surface area contributed by atoms with Crippen LogP contribution in [-0.4, -0.2) is 33.4 Å². The van der Waals surface area contributed by atoms with E-state index in [1.165, 1.54) is 0 Å². The number of imidazole rings is 1. The summed E-state index contributed by atoms with van der Waals surface area (Å²) in [5, 5.41) is 0. The Morgan fingerprint density at radius 2 is 2.10 bits per heavy atom. The van der Waals surface area contributed by atoms with Gasteiger partial charge in [-0.25, -0.2) is 4.98 Å². The molecular formula is C15H20N4O. The normalized spacial score (nSPS) is 10.4. The van der Waals surface area contributed by atoms with E-state index in [-0.39, 0.29) is 5.91 Å². The minimum atomic E-state index is 0.119. The van der Waals surface area contributed by atoms with E-state index in [0.29, 0.717) is 32.6 Å². The average molecular weight is 272 g/mol. The third-order valence-corrected chi connectivity index (χ3v) is 3.11. The van der Waals surface area contributed by atoms with Crippen molar-refractivity contribution in [2.75, 3.05) is 13.1 Å². The summed E-state index contributed by atoms with van der Waals surface area (Å²) in [5.41, 5.74) is 6.72. The Bertz CT molecular complexity index is 510. The highest BCUT2D eigenvalue weighted by atomic mass is 16.2. The van der Waals surface area contributed by atoms with Gasteiger partial charge in [0, 0.05) is 45.0 Å². The van der Waals surface area contributed by atoms with Gasteiger partial charge in [-0.05, 0) is 5.56 Å². The van der Waals surface area contributed by atoms with Gasteiger partial charge in [-0.15, -0.1) is 0 Å². The molecule has 5 nitrogen and oxygen atoms in total. The zero-order valence-electron chi connectivity index (χ0n) is 11.5. The fourth-order valence-corrected chi connectivity index (χ4v) is 2.05. The molecule has 1 aromatic heterocycles. The maximum Gasteiger partial charge on any atom is 0.224 e. The summed E-state index contributed by atoms with van der Waals surface area (Å²) in [7, 11) is 0. The van der Waals surface area contributed by atoms with Gasteiger partial charge in [0.1, 0.15) is 0 Å². The molecule has 0 aliphatic rings. The van der Waals surface area contributed by atoms with Gasteiger partial charge in [0.2, 0.25) is 5.91 Å². The minimum absolute atomic E-state index is 0.119. The summed E-state index contributed by atoms with van der Waals surface area (Å²) in [6, 6.07) is 9.97. The summed E-state index contributed by atoms with van der Waals surface area (Å²) in [4.78, 5) is 18.0. The largest absolute Gasteiger partial charge is 0.337 e. The van der Waals surface area contributed by atoms with Crippen molar-refractivity contribution in [3.8, 4) is 0 Å². The molecule has 0 atom stereocenters.